The molecule has 1 aliphatic heterocycles. The van der Waals surface area contributed by atoms with Gasteiger partial charge in [0.05, 0.1) is 13.2 Å². The third-order valence-electron chi connectivity index (χ3n) is 4.10. The lowest BCUT2D eigenvalue weighted by molar-refractivity contribution is 0.169. The second kappa shape index (κ2) is 6.96. The molecule has 1 N–H and O–H groups in total. The molecule has 1 aromatic carbocycles. The topological polar surface area (TPSA) is 46.5 Å². The average Bonchev–Trinajstić information content (AvgIpc) is 3.07. The summed E-state index contributed by atoms with van der Waals surface area (Å²) in [7, 11) is 1.65. The fourth-order valence-corrected chi connectivity index (χ4v) is 3.09. The van der Waals surface area contributed by atoms with Crippen molar-refractivity contribution in [1.29, 1.82) is 0 Å². The quantitative estimate of drug-likeness (QED) is 0.875. The standard InChI is InChI=1S/C17H20ClN3O2/c1-23-14-6-4-13(5-7-14)16-15-3-2-10-20(15)11-12-21(16)17(22)19-9-8-18/h2-7,10,16H,8-9,11-12H2,1H3,(H,19,22)/t16-/m1/s1. The Bertz CT molecular complexity index is 669. The minimum absolute atomic E-state index is 0.0843. The Morgan fingerprint density at radius 1 is 1.30 bits per heavy atom. The van der Waals surface area contributed by atoms with Crippen LogP contribution in [0.15, 0.2) is 42.6 Å². The molecule has 0 spiro atoms. The van der Waals surface area contributed by atoms with E-state index in [9.17, 15) is 4.79 Å². The van der Waals surface area contributed by atoms with Gasteiger partial charge < -0.3 is 19.5 Å². The molecule has 1 aliphatic rings. The molecule has 0 aliphatic carbocycles. The summed E-state index contributed by atoms with van der Waals surface area (Å²) in [6.45, 7) is 1.92. The zero-order valence-electron chi connectivity index (χ0n) is 13.0. The Labute approximate surface area is 140 Å². The Balaban J connectivity index is 1.94. The van der Waals surface area contributed by atoms with Crippen LogP contribution in [0.2, 0.25) is 0 Å². The van der Waals surface area contributed by atoms with Crippen LogP contribution >= 0.6 is 11.6 Å². The van der Waals surface area contributed by atoms with Crippen LogP contribution < -0.4 is 10.1 Å². The molecule has 23 heavy (non-hydrogen) atoms. The first-order valence-electron chi connectivity index (χ1n) is 7.64. The summed E-state index contributed by atoms with van der Waals surface area (Å²) in [6.07, 6.45) is 2.06. The van der Waals surface area contributed by atoms with Crippen molar-refractivity contribution in [2.24, 2.45) is 0 Å². The summed E-state index contributed by atoms with van der Waals surface area (Å²) in [5, 5.41) is 2.87. The Morgan fingerprint density at radius 3 is 2.78 bits per heavy atom. The molecule has 2 aromatic rings. The number of fused-ring (bicyclic) bond motifs is 1. The Morgan fingerprint density at radius 2 is 2.09 bits per heavy atom. The lowest BCUT2D eigenvalue weighted by atomic mass is 10.00. The Kier molecular flexibility index (Phi) is 4.76. The van der Waals surface area contributed by atoms with E-state index in [1.165, 1.54) is 0 Å². The number of methoxy groups -OCH3 is 1. The fourth-order valence-electron chi connectivity index (χ4n) is 2.99. The summed E-state index contributed by atoms with van der Waals surface area (Å²) in [5.41, 5.74) is 2.17. The summed E-state index contributed by atoms with van der Waals surface area (Å²) < 4.78 is 7.42. The van der Waals surface area contributed by atoms with Gasteiger partial charge in [-0.15, -0.1) is 11.6 Å². The summed E-state index contributed by atoms with van der Waals surface area (Å²) in [6, 6.07) is 11.8. The minimum atomic E-state index is -0.111. The molecule has 1 atom stereocenters. The molecule has 1 aromatic heterocycles. The van der Waals surface area contributed by atoms with E-state index in [1.807, 2.05) is 35.2 Å². The summed E-state index contributed by atoms with van der Waals surface area (Å²) in [4.78, 5) is 14.4. The third kappa shape index (κ3) is 3.15. The fraction of sp³-hybridized carbons (Fsp3) is 0.353. The van der Waals surface area contributed by atoms with Gasteiger partial charge in [-0.2, -0.15) is 0 Å². The molecule has 0 fully saturated rings. The number of aromatic nitrogens is 1. The first kappa shape index (κ1) is 15.7. The molecule has 0 unspecified atom stereocenters. The molecule has 122 valence electrons. The van der Waals surface area contributed by atoms with Crippen LogP contribution in [0, 0.1) is 0 Å². The molecular formula is C17H20ClN3O2. The maximum absolute atomic E-state index is 12.5. The number of carbonyl (C=O) groups is 1. The van der Waals surface area contributed by atoms with Crippen molar-refractivity contribution in [2.75, 3.05) is 26.1 Å². The molecule has 6 heteroatoms. The van der Waals surface area contributed by atoms with Gasteiger partial charge >= 0.3 is 6.03 Å². The summed E-state index contributed by atoms with van der Waals surface area (Å²) in [5.74, 6) is 1.21. The largest absolute Gasteiger partial charge is 0.497 e. The van der Waals surface area contributed by atoms with Crippen molar-refractivity contribution >= 4 is 17.6 Å². The van der Waals surface area contributed by atoms with Crippen molar-refractivity contribution in [3.63, 3.8) is 0 Å². The van der Waals surface area contributed by atoms with Crippen LogP contribution in [0.3, 0.4) is 0 Å². The van der Waals surface area contributed by atoms with Gasteiger partial charge in [0.25, 0.3) is 0 Å². The predicted molar refractivity (Wildman–Crippen MR) is 90.1 cm³/mol. The van der Waals surface area contributed by atoms with Crippen LogP contribution in [-0.4, -0.2) is 41.6 Å². The van der Waals surface area contributed by atoms with E-state index in [0.29, 0.717) is 19.0 Å². The number of alkyl halides is 1. The number of hydrogen-bond acceptors (Lipinski definition) is 2. The minimum Gasteiger partial charge on any atom is -0.497 e. The van der Waals surface area contributed by atoms with Gasteiger partial charge in [-0.3, -0.25) is 0 Å². The number of ether oxygens (including phenoxy) is 1. The van der Waals surface area contributed by atoms with E-state index < -0.39 is 0 Å². The van der Waals surface area contributed by atoms with Crippen LogP contribution in [0.1, 0.15) is 17.3 Å². The lowest BCUT2D eigenvalue weighted by Gasteiger charge is -2.37. The highest BCUT2D eigenvalue weighted by Crippen LogP contribution is 2.33. The van der Waals surface area contributed by atoms with Crippen molar-refractivity contribution in [1.82, 2.24) is 14.8 Å². The maximum Gasteiger partial charge on any atom is 0.318 e. The second-order valence-corrected chi connectivity index (χ2v) is 5.79. The van der Waals surface area contributed by atoms with Crippen molar-refractivity contribution < 1.29 is 9.53 Å². The summed E-state index contributed by atoms with van der Waals surface area (Å²) >= 11 is 5.68. The zero-order chi connectivity index (χ0) is 16.2. The van der Waals surface area contributed by atoms with Crippen LogP contribution in [0.25, 0.3) is 0 Å². The highest BCUT2D eigenvalue weighted by Gasteiger charge is 2.31. The molecule has 0 radical (unpaired) electrons. The van der Waals surface area contributed by atoms with Crippen LogP contribution in [0.5, 0.6) is 5.75 Å². The van der Waals surface area contributed by atoms with Crippen LogP contribution in [-0.2, 0) is 6.54 Å². The van der Waals surface area contributed by atoms with Crippen molar-refractivity contribution in [2.45, 2.75) is 12.6 Å². The molecule has 3 rings (SSSR count). The number of urea groups is 1. The average molecular weight is 334 g/mol. The predicted octanol–water partition coefficient (Wildman–Crippen LogP) is 2.85. The van der Waals surface area contributed by atoms with Crippen molar-refractivity contribution in [3.8, 4) is 5.75 Å². The molecule has 0 saturated carbocycles. The number of rotatable bonds is 4. The molecular weight excluding hydrogens is 314 g/mol. The Hall–Kier alpha value is -2.14. The molecule has 2 heterocycles. The van der Waals surface area contributed by atoms with Gasteiger partial charge in [0.1, 0.15) is 5.75 Å². The number of nitrogens with one attached hydrogen (secondary N) is 1. The van der Waals surface area contributed by atoms with Gasteiger partial charge in [0.15, 0.2) is 0 Å². The second-order valence-electron chi connectivity index (χ2n) is 5.42. The first-order chi connectivity index (χ1) is 11.2. The molecule has 2 amide bonds. The lowest BCUT2D eigenvalue weighted by Crippen LogP contribution is -2.47. The molecule has 0 bridgehead atoms. The maximum atomic E-state index is 12.5. The number of nitrogens with zero attached hydrogens (tertiary/aromatic N) is 2. The monoisotopic (exact) mass is 333 g/mol. The van der Waals surface area contributed by atoms with E-state index in [1.54, 1.807) is 7.11 Å². The number of halogens is 1. The highest BCUT2D eigenvalue weighted by atomic mass is 35.5. The zero-order valence-corrected chi connectivity index (χ0v) is 13.8. The smallest absolute Gasteiger partial charge is 0.318 e. The van der Waals surface area contributed by atoms with Gasteiger partial charge in [-0.25, -0.2) is 4.79 Å². The SMILES string of the molecule is COc1ccc([C@@H]2c3cccn3CCN2C(=O)NCCCl)cc1. The van der Waals surface area contributed by atoms with Crippen molar-refractivity contribution in [3.05, 3.63) is 53.9 Å². The van der Waals surface area contributed by atoms with Gasteiger partial charge in [0.2, 0.25) is 0 Å². The molecule has 0 saturated heterocycles. The number of benzene rings is 1. The normalized spacial score (nSPS) is 16.8. The highest BCUT2D eigenvalue weighted by molar-refractivity contribution is 6.18. The van der Waals surface area contributed by atoms with Gasteiger partial charge in [-0.05, 0) is 29.8 Å². The van der Waals surface area contributed by atoms with E-state index >= 15 is 0 Å². The number of hydrogen-bond donors (Lipinski definition) is 1. The van der Waals surface area contributed by atoms with E-state index in [4.69, 9.17) is 16.3 Å². The van der Waals surface area contributed by atoms with Gasteiger partial charge in [-0.1, -0.05) is 12.1 Å². The van der Waals surface area contributed by atoms with E-state index in [0.717, 1.165) is 23.6 Å². The van der Waals surface area contributed by atoms with E-state index in [-0.39, 0.29) is 12.1 Å². The first-order valence-corrected chi connectivity index (χ1v) is 8.17. The van der Waals surface area contributed by atoms with Crippen LogP contribution in [0.4, 0.5) is 4.79 Å². The molecule has 5 nitrogen and oxygen atoms in total. The number of amides is 2. The van der Waals surface area contributed by atoms with Gasteiger partial charge in [0, 0.05) is 37.4 Å². The number of carbonyl (C=O) groups excluding carboxylic acids is 1. The van der Waals surface area contributed by atoms with E-state index in [2.05, 4.69) is 22.1 Å². The third-order valence-corrected chi connectivity index (χ3v) is 4.29.